The van der Waals surface area contributed by atoms with Crippen LogP contribution in [0.5, 0.6) is 0 Å². The van der Waals surface area contributed by atoms with Gasteiger partial charge in [-0.2, -0.15) is 0 Å². The summed E-state index contributed by atoms with van der Waals surface area (Å²) in [5.74, 6) is -1.91. The van der Waals surface area contributed by atoms with E-state index in [4.69, 9.17) is 14.6 Å². The van der Waals surface area contributed by atoms with Gasteiger partial charge in [-0.1, -0.05) is 32.2 Å². The summed E-state index contributed by atoms with van der Waals surface area (Å²) >= 11 is 0. The Morgan fingerprint density at radius 3 is 2.76 bits per heavy atom. The molecule has 6 atom stereocenters. The lowest BCUT2D eigenvalue weighted by molar-refractivity contribution is -0.175. The van der Waals surface area contributed by atoms with Crippen molar-refractivity contribution in [2.45, 2.75) is 44.5 Å². The number of carbonyl (C=O) groups is 2. The van der Waals surface area contributed by atoms with E-state index in [0.717, 1.165) is 5.57 Å². The van der Waals surface area contributed by atoms with E-state index in [9.17, 15) is 14.7 Å². The number of esters is 2. The number of carbonyl (C=O) groups excluding carboxylic acids is 2. The fourth-order valence-electron chi connectivity index (χ4n) is 4.63. The Morgan fingerprint density at radius 1 is 1.44 bits per heavy atom. The Bertz CT molecular complexity index is 665. The molecule has 6 nitrogen and oxygen atoms in total. The molecule has 1 aliphatic heterocycles. The second-order valence-corrected chi connectivity index (χ2v) is 7.53. The Hall–Kier alpha value is -1.92. The lowest BCUT2D eigenvalue weighted by Crippen LogP contribution is -2.58. The molecule has 0 spiro atoms. The molecule has 2 aliphatic carbocycles. The topological polar surface area (TPSA) is 93.1 Å². The van der Waals surface area contributed by atoms with Crippen LogP contribution in [0.4, 0.5) is 0 Å². The molecule has 0 radical (unpaired) electrons. The summed E-state index contributed by atoms with van der Waals surface area (Å²) in [6, 6.07) is 0. The first kappa shape index (κ1) is 17.9. The van der Waals surface area contributed by atoms with Crippen molar-refractivity contribution >= 4 is 11.9 Å². The highest BCUT2D eigenvalue weighted by atomic mass is 16.6. The van der Waals surface area contributed by atoms with Gasteiger partial charge in [-0.15, -0.1) is 0 Å². The molecule has 2 N–H and O–H groups in total. The lowest BCUT2D eigenvalue weighted by Gasteiger charge is -2.54. The van der Waals surface area contributed by atoms with E-state index in [-0.39, 0.29) is 17.1 Å². The zero-order valence-corrected chi connectivity index (χ0v) is 14.4. The van der Waals surface area contributed by atoms with Gasteiger partial charge in [0.25, 0.3) is 0 Å². The van der Waals surface area contributed by atoms with Crippen molar-refractivity contribution in [1.82, 2.24) is 0 Å². The van der Waals surface area contributed by atoms with Gasteiger partial charge in [-0.05, 0) is 19.3 Å². The second kappa shape index (κ2) is 6.11. The molecule has 6 unspecified atom stereocenters. The van der Waals surface area contributed by atoms with Crippen LogP contribution in [0.3, 0.4) is 0 Å². The summed E-state index contributed by atoms with van der Waals surface area (Å²) < 4.78 is 11.1. The second-order valence-electron chi connectivity index (χ2n) is 7.53. The largest absolute Gasteiger partial charge is 0.458 e. The quantitative estimate of drug-likeness (QED) is 0.453. The van der Waals surface area contributed by atoms with Crippen LogP contribution in [-0.2, 0) is 19.1 Å². The lowest BCUT2D eigenvalue weighted by atomic mass is 9.53. The van der Waals surface area contributed by atoms with Crippen molar-refractivity contribution in [2.75, 3.05) is 6.61 Å². The van der Waals surface area contributed by atoms with Crippen LogP contribution in [0, 0.1) is 17.3 Å². The van der Waals surface area contributed by atoms with Crippen molar-refractivity contribution in [3.63, 3.8) is 0 Å². The van der Waals surface area contributed by atoms with Crippen molar-refractivity contribution in [3.05, 3.63) is 36.5 Å². The van der Waals surface area contributed by atoms with E-state index < -0.39 is 48.2 Å². The minimum absolute atomic E-state index is 0.0618. The maximum Gasteiger partial charge on any atom is 0.336 e. The first-order valence-electron chi connectivity index (χ1n) is 8.45. The number of hydrogen-bond donors (Lipinski definition) is 2. The van der Waals surface area contributed by atoms with Gasteiger partial charge in [-0.25, -0.2) is 9.59 Å². The minimum atomic E-state index is -0.718. The van der Waals surface area contributed by atoms with Gasteiger partial charge in [0.1, 0.15) is 12.2 Å². The number of fused-ring (bicyclic) bond motifs is 3. The van der Waals surface area contributed by atoms with Gasteiger partial charge in [0.05, 0.1) is 24.2 Å². The van der Waals surface area contributed by atoms with E-state index in [1.165, 1.54) is 0 Å². The molecule has 3 rings (SSSR count). The molecule has 3 fully saturated rings. The predicted octanol–water partition coefficient (Wildman–Crippen LogP) is 1.28. The monoisotopic (exact) mass is 348 g/mol. The van der Waals surface area contributed by atoms with Crippen LogP contribution in [0.2, 0.25) is 0 Å². The van der Waals surface area contributed by atoms with Gasteiger partial charge in [-0.3, -0.25) is 0 Å². The summed E-state index contributed by atoms with van der Waals surface area (Å²) in [7, 11) is 0. The Balaban J connectivity index is 1.98. The number of ether oxygens (including phenoxy) is 2. The molecule has 0 aromatic rings. The maximum absolute atomic E-state index is 12.1. The molecule has 3 aliphatic rings. The summed E-state index contributed by atoms with van der Waals surface area (Å²) in [5, 5.41) is 19.7. The Morgan fingerprint density at radius 2 is 2.12 bits per heavy atom. The molecule has 0 aromatic heterocycles. The zero-order valence-electron chi connectivity index (χ0n) is 14.4. The summed E-state index contributed by atoms with van der Waals surface area (Å²) in [6.45, 7) is 12.8. The maximum atomic E-state index is 12.1. The third kappa shape index (κ3) is 2.64. The van der Waals surface area contributed by atoms with E-state index in [1.807, 2.05) is 6.92 Å². The first-order chi connectivity index (χ1) is 11.7. The van der Waals surface area contributed by atoms with E-state index in [2.05, 4.69) is 19.7 Å². The highest BCUT2D eigenvalue weighted by molar-refractivity contribution is 5.92. The Kier molecular flexibility index (Phi) is 4.37. The van der Waals surface area contributed by atoms with Crippen molar-refractivity contribution < 1.29 is 29.3 Å². The standard InChI is InChI=1S/C19H24O6/c1-9-5-6-13(21)19(4)7-12(24-17(22)10(2)8-20)14-11(3)18(23)25-16(14)15(9)19/h12-16,20-21H,1-3,5-8H2,4H3. The van der Waals surface area contributed by atoms with Gasteiger partial charge in [0.15, 0.2) is 0 Å². The fraction of sp³-hybridized carbons (Fsp3) is 0.579. The van der Waals surface area contributed by atoms with Crippen molar-refractivity contribution in [1.29, 1.82) is 0 Å². The van der Waals surface area contributed by atoms with Crippen LogP contribution in [0.15, 0.2) is 36.5 Å². The molecular formula is C19H24O6. The SMILES string of the molecule is C=C(CO)C(=O)OC1CC2(C)C(O)CCC(=C)C2C2OC(=O)C(=C)C12. The number of aliphatic hydroxyl groups excluding tert-OH is 2. The highest BCUT2D eigenvalue weighted by Gasteiger charge is 2.62. The zero-order chi connectivity index (χ0) is 18.5. The van der Waals surface area contributed by atoms with Crippen LogP contribution in [0.25, 0.3) is 0 Å². The first-order valence-corrected chi connectivity index (χ1v) is 8.45. The van der Waals surface area contributed by atoms with Crippen LogP contribution >= 0.6 is 0 Å². The molecule has 2 saturated carbocycles. The number of hydrogen-bond acceptors (Lipinski definition) is 6. The average molecular weight is 348 g/mol. The fourth-order valence-corrected chi connectivity index (χ4v) is 4.63. The van der Waals surface area contributed by atoms with E-state index >= 15 is 0 Å². The van der Waals surface area contributed by atoms with Crippen LogP contribution in [0.1, 0.15) is 26.2 Å². The normalized spacial score (nSPS) is 40.1. The summed E-state index contributed by atoms with van der Waals surface area (Å²) in [4.78, 5) is 24.2. The molecule has 0 aromatic carbocycles. The molecule has 0 bridgehead atoms. The number of aliphatic hydroxyl groups is 2. The van der Waals surface area contributed by atoms with Gasteiger partial charge in [0, 0.05) is 16.9 Å². The smallest absolute Gasteiger partial charge is 0.336 e. The van der Waals surface area contributed by atoms with Gasteiger partial charge < -0.3 is 19.7 Å². The van der Waals surface area contributed by atoms with E-state index in [0.29, 0.717) is 19.3 Å². The molecule has 25 heavy (non-hydrogen) atoms. The molecular weight excluding hydrogens is 324 g/mol. The van der Waals surface area contributed by atoms with Crippen molar-refractivity contribution in [2.24, 2.45) is 17.3 Å². The molecule has 6 heteroatoms. The van der Waals surface area contributed by atoms with Gasteiger partial charge >= 0.3 is 11.9 Å². The minimum Gasteiger partial charge on any atom is -0.458 e. The third-order valence-electron chi connectivity index (χ3n) is 6.02. The average Bonchev–Trinajstić information content (AvgIpc) is 2.85. The Labute approximate surface area is 146 Å². The summed E-state index contributed by atoms with van der Waals surface area (Å²) in [5.41, 5.74) is 0.530. The third-order valence-corrected chi connectivity index (χ3v) is 6.02. The number of rotatable bonds is 3. The molecule has 0 amide bonds. The molecule has 1 saturated heterocycles. The van der Waals surface area contributed by atoms with Gasteiger partial charge in [0.2, 0.25) is 0 Å². The highest BCUT2D eigenvalue weighted by Crippen LogP contribution is 2.57. The van der Waals surface area contributed by atoms with Crippen molar-refractivity contribution in [3.8, 4) is 0 Å². The molecule has 1 heterocycles. The summed E-state index contributed by atoms with van der Waals surface area (Å²) in [6.07, 6.45) is -0.247. The van der Waals surface area contributed by atoms with E-state index in [1.54, 1.807) is 0 Å². The van der Waals surface area contributed by atoms with Crippen LogP contribution in [-0.4, -0.2) is 47.1 Å². The molecule has 136 valence electrons. The predicted molar refractivity (Wildman–Crippen MR) is 89.2 cm³/mol. The van der Waals surface area contributed by atoms with Crippen LogP contribution < -0.4 is 0 Å².